The molecule has 2 spiro atoms. The highest BCUT2D eigenvalue weighted by Gasteiger charge is 2.66. The van der Waals surface area contributed by atoms with E-state index in [0.29, 0.717) is 48.3 Å². The molecular weight excluding hydrogens is 556 g/mol. The zero-order chi connectivity index (χ0) is 31.4. The van der Waals surface area contributed by atoms with E-state index in [1.165, 1.54) is 11.6 Å². The summed E-state index contributed by atoms with van der Waals surface area (Å²) >= 11 is 0. The predicted molar refractivity (Wildman–Crippen MR) is 168 cm³/mol. The maximum absolute atomic E-state index is 13.6. The molecule has 0 fully saturated rings. The minimum absolute atomic E-state index is 0.00947. The van der Waals surface area contributed by atoms with Gasteiger partial charge < -0.3 is 29.5 Å². The third-order valence-corrected chi connectivity index (χ3v) is 9.78. The number of phenols is 2. The van der Waals surface area contributed by atoms with Gasteiger partial charge in [-0.15, -0.1) is 0 Å². The van der Waals surface area contributed by atoms with E-state index in [0.717, 1.165) is 29.6 Å². The SMILES string of the molecule is CC(C)=CCCC1=C[C@]2(OC1=O)c1cc(O)ccc1O[C@H](O)[C@]21C=C2c3cc(O)ccc3O[C@@](C)(CCC=C(C)C)[C@@H]2CC1. The van der Waals surface area contributed by atoms with Gasteiger partial charge in [0.25, 0.3) is 0 Å². The molecule has 4 aliphatic rings. The van der Waals surface area contributed by atoms with Gasteiger partial charge in [-0.3, -0.25) is 0 Å². The molecular formula is C37H42O7. The smallest absolute Gasteiger partial charge is 0.335 e. The number of hydrogen-bond donors (Lipinski definition) is 3. The Kier molecular flexibility index (Phi) is 7.44. The maximum Gasteiger partial charge on any atom is 0.335 e. The highest BCUT2D eigenvalue weighted by molar-refractivity contribution is 5.92. The second kappa shape index (κ2) is 10.9. The number of allylic oxidation sites excluding steroid dienone is 4. The number of carbonyl (C=O) groups excluding carboxylic acids is 1. The molecule has 44 heavy (non-hydrogen) atoms. The molecule has 0 amide bonds. The summed E-state index contributed by atoms with van der Waals surface area (Å²) in [5.74, 6) is 0.636. The van der Waals surface area contributed by atoms with Gasteiger partial charge in [-0.25, -0.2) is 4.79 Å². The summed E-state index contributed by atoms with van der Waals surface area (Å²) in [4.78, 5) is 13.6. The Morgan fingerprint density at radius 3 is 2.34 bits per heavy atom. The zero-order valence-electron chi connectivity index (χ0n) is 26.1. The van der Waals surface area contributed by atoms with Crippen LogP contribution in [0.4, 0.5) is 0 Å². The molecule has 7 heteroatoms. The Labute approximate surface area is 259 Å². The Bertz CT molecular complexity index is 1620. The number of aromatic hydroxyl groups is 2. The van der Waals surface area contributed by atoms with Crippen LogP contribution in [0.25, 0.3) is 5.57 Å². The van der Waals surface area contributed by atoms with Crippen LogP contribution in [0.5, 0.6) is 23.0 Å². The Morgan fingerprint density at radius 2 is 1.61 bits per heavy atom. The van der Waals surface area contributed by atoms with Crippen molar-refractivity contribution in [3.8, 4) is 23.0 Å². The molecule has 0 bridgehead atoms. The van der Waals surface area contributed by atoms with Crippen LogP contribution < -0.4 is 9.47 Å². The van der Waals surface area contributed by atoms with Crippen LogP contribution in [-0.2, 0) is 15.1 Å². The lowest BCUT2D eigenvalue weighted by Crippen LogP contribution is -2.59. The van der Waals surface area contributed by atoms with Gasteiger partial charge in [0.1, 0.15) is 28.6 Å². The fourth-order valence-electron chi connectivity index (χ4n) is 7.57. The second-order valence-electron chi connectivity index (χ2n) is 13.4. The van der Waals surface area contributed by atoms with Crippen LogP contribution in [0, 0.1) is 11.3 Å². The number of ether oxygens (including phenoxy) is 3. The first-order valence-electron chi connectivity index (χ1n) is 15.5. The fraction of sp³-hybridized carbons (Fsp3) is 0.432. The number of carbonyl (C=O) groups is 1. The van der Waals surface area contributed by atoms with Crippen molar-refractivity contribution in [2.45, 2.75) is 90.6 Å². The lowest BCUT2D eigenvalue weighted by Gasteiger charge is -2.55. The third-order valence-electron chi connectivity index (χ3n) is 9.78. The van der Waals surface area contributed by atoms with E-state index in [1.54, 1.807) is 30.3 Å². The number of esters is 1. The Morgan fingerprint density at radius 1 is 0.932 bits per heavy atom. The first kappa shape index (κ1) is 30.1. The van der Waals surface area contributed by atoms with Crippen molar-refractivity contribution < 1.29 is 34.3 Å². The van der Waals surface area contributed by atoms with Crippen molar-refractivity contribution in [2.24, 2.45) is 11.3 Å². The molecule has 5 atom stereocenters. The number of fused-ring (bicyclic) bond motifs is 6. The van der Waals surface area contributed by atoms with E-state index in [2.05, 4.69) is 32.9 Å². The van der Waals surface area contributed by atoms with E-state index in [-0.39, 0.29) is 17.4 Å². The first-order valence-corrected chi connectivity index (χ1v) is 15.5. The van der Waals surface area contributed by atoms with E-state index in [4.69, 9.17) is 14.2 Å². The molecule has 2 aromatic rings. The number of benzene rings is 2. The third kappa shape index (κ3) is 4.82. The average molecular weight is 599 g/mol. The van der Waals surface area contributed by atoms with Gasteiger partial charge in [0, 0.05) is 22.6 Å². The molecule has 0 saturated heterocycles. The standard InChI is InChI=1S/C37H42O7/c1-22(2)8-6-10-24-20-37(44-33(24)40)30-19-26(39)12-14-32(30)42-34(41)36(37)17-15-29-28(21-36)27-18-25(38)11-13-31(27)43-35(29,5)16-7-9-23(3)4/h8-9,11-14,18-21,29,34,38-39,41H,6-7,10,15-17H2,1-5H3/t29-,34+,35+,36+,37+/m1/s1. The predicted octanol–water partition coefficient (Wildman–Crippen LogP) is 7.61. The molecule has 3 N–H and O–H groups in total. The molecule has 0 saturated carbocycles. The quantitative estimate of drug-likeness (QED) is 0.232. The van der Waals surface area contributed by atoms with Gasteiger partial charge in [-0.1, -0.05) is 29.4 Å². The molecule has 2 aromatic carbocycles. The number of rotatable bonds is 6. The normalized spacial score (nSPS) is 29.7. The molecule has 1 aliphatic carbocycles. The summed E-state index contributed by atoms with van der Waals surface area (Å²) in [6, 6.07) is 9.78. The molecule has 6 rings (SSSR count). The van der Waals surface area contributed by atoms with Crippen LogP contribution in [0.2, 0.25) is 0 Å². The molecule has 3 heterocycles. The van der Waals surface area contributed by atoms with Crippen molar-refractivity contribution in [1.82, 2.24) is 0 Å². The van der Waals surface area contributed by atoms with Gasteiger partial charge in [-0.05, 0) is 121 Å². The highest BCUT2D eigenvalue weighted by atomic mass is 16.6. The summed E-state index contributed by atoms with van der Waals surface area (Å²) in [6.45, 7) is 10.3. The van der Waals surface area contributed by atoms with Crippen LogP contribution >= 0.6 is 0 Å². The van der Waals surface area contributed by atoms with E-state index in [1.807, 2.05) is 26.0 Å². The lowest BCUT2D eigenvalue weighted by molar-refractivity contribution is -0.208. The van der Waals surface area contributed by atoms with E-state index in [9.17, 15) is 20.1 Å². The summed E-state index contributed by atoms with van der Waals surface area (Å²) in [5, 5.41) is 33.1. The molecule has 232 valence electrons. The number of aliphatic hydroxyl groups is 1. The van der Waals surface area contributed by atoms with Gasteiger partial charge >= 0.3 is 5.97 Å². The van der Waals surface area contributed by atoms with Crippen molar-refractivity contribution in [3.63, 3.8) is 0 Å². The molecule has 3 aliphatic heterocycles. The van der Waals surface area contributed by atoms with Gasteiger partial charge in [0.05, 0.1) is 5.41 Å². The maximum atomic E-state index is 13.6. The Balaban J connectivity index is 1.55. The molecule has 0 aromatic heterocycles. The first-order chi connectivity index (χ1) is 20.9. The van der Waals surface area contributed by atoms with Crippen molar-refractivity contribution >= 4 is 11.5 Å². The summed E-state index contributed by atoms with van der Waals surface area (Å²) in [5.41, 5.74) is 1.92. The van der Waals surface area contributed by atoms with Crippen molar-refractivity contribution in [1.29, 1.82) is 0 Å². The monoisotopic (exact) mass is 598 g/mol. The van der Waals surface area contributed by atoms with Crippen LogP contribution in [0.3, 0.4) is 0 Å². The summed E-state index contributed by atoms with van der Waals surface area (Å²) in [6.07, 6.45) is 10.6. The number of aliphatic hydroxyl groups excluding tert-OH is 1. The van der Waals surface area contributed by atoms with E-state index >= 15 is 0 Å². The summed E-state index contributed by atoms with van der Waals surface area (Å²) < 4.78 is 19.3. The minimum atomic E-state index is -1.41. The molecule has 0 radical (unpaired) electrons. The van der Waals surface area contributed by atoms with Gasteiger partial charge in [0.15, 0.2) is 5.60 Å². The fourth-order valence-corrected chi connectivity index (χ4v) is 7.57. The largest absolute Gasteiger partial charge is 0.508 e. The van der Waals surface area contributed by atoms with Crippen LogP contribution in [0.1, 0.15) is 84.3 Å². The van der Waals surface area contributed by atoms with Gasteiger partial charge in [-0.2, -0.15) is 0 Å². The number of phenolic OH excluding ortho intramolecular Hbond substituents is 2. The molecule has 7 nitrogen and oxygen atoms in total. The van der Waals surface area contributed by atoms with Crippen LogP contribution in [0.15, 0.2) is 77.4 Å². The molecule has 0 unspecified atom stereocenters. The van der Waals surface area contributed by atoms with E-state index < -0.39 is 28.9 Å². The second-order valence-corrected chi connectivity index (χ2v) is 13.4. The summed E-state index contributed by atoms with van der Waals surface area (Å²) in [7, 11) is 0. The highest BCUT2D eigenvalue weighted by Crippen LogP contribution is 2.65. The van der Waals surface area contributed by atoms with Crippen molar-refractivity contribution in [3.05, 3.63) is 88.5 Å². The average Bonchev–Trinajstić information content (AvgIpc) is 3.30. The minimum Gasteiger partial charge on any atom is -0.508 e. The number of hydrogen-bond acceptors (Lipinski definition) is 7. The topological polar surface area (TPSA) is 105 Å². The van der Waals surface area contributed by atoms with Crippen molar-refractivity contribution in [2.75, 3.05) is 0 Å². The zero-order valence-corrected chi connectivity index (χ0v) is 26.1. The lowest BCUT2D eigenvalue weighted by atomic mass is 9.56. The Hall–Kier alpha value is -3.97. The van der Waals surface area contributed by atoms with Gasteiger partial charge in [0.2, 0.25) is 6.29 Å². The van der Waals surface area contributed by atoms with Crippen LogP contribution in [-0.4, -0.2) is 33.2 Å².